The Labute approximate surface area is 828 Å². The summed E-state index contributed by atoms with van der Waals surface area (Å²) in [5, 5.41) is 17.8. The summed E-state index contributed by atoms with van der Waals surface area (Å²) in [4.78, 5) is 160. The predicted molar refractivity (Wildman–Crippen MR) is 497 cm³/mol. The van der Waals surface area contributed by atoms with Gasteiger partial charge in [-0.15, -0.1) is 0 Å². The zero-order chi connectivity index (χ0) is 102. The first-order valence-corrected chi connectivity index (χ1v) is 47.2. The third kappa shape index (κ3) is 28.6. The number of hydrogen-bond acceptors (Lipinski definition) is 37. The molecular weight excluding hydrogens is 1880 g/mol. The fraction of sp³-hybridized carbons (Fsp3) is 0.438. The van der Waals surface area contributed by atoms with Crippen molar-refractivity contribution in [3.05, 3.63) is 298 Å². The Kier molecular flexibility index (Phi) is 38.3. The largest absolute Gasteiger partial charge is 0.469 e. The molecule has 1 N–H and O–H groups in total. The summed E-state index contributed by atoms with van der Waals surface area (Å²) < 4.78 is 157. The minimum Gasteiger partial charge on any atom is -0.469 e. The predicted octanol–water partition coefficient (Wildman–Crippen LogP) is 12.1. The van der Waals surface area contributed by atoms with Crippen LogP contribution in [0, 0.1) is 0 Å². The number of carbonyl (C=O) groups excluding carboxylic acids is 11. The first-order chi connectivity index (χ1) is 69.7. The van der Waals surface area contributed by atoms with Crippen molar-refractivity contribution in [1.29, 1.82) is 0 Å². The number of aliphatic hydroxyl groups is 1. The highest BCUT2D eigenvalue weighted by Crippen LogP contribution is 2.45. The first-order valence-electron chi connectivity index (χ1n) is 47.2. The van der Waals surface area contributed by atoms with Gasteiger partial charge in [0, 0.05) is 38.7 Å². The normalized spacial score (nSPS) is 27.8. The molecule has 0 spiro atoms. The number of esters is 11. The Morgan fingerprint density at radius 3 is 1.15 bits per heavy atom. The van der Waals surface area contributed by atoms with Crippen LogP contribution in [-0.4, -0.2) is 270 Å². The molecule has 0 bridgehead atoms. The van der Waals surface area contributed by atoms with Crippen LogP contribution in [-0.2, 0) is 139 Å². The minimum atomic E-state index is -2.36. The van der Waals surface area contributed by atoms with Gasteiger partial charge in [0.2, 0.25) is 0 Å². The van der Waals surface area contributed by atoms with Gasteiger partial charge in [0.1, 0.15) is 112 Å². The molecule has 0 radical (unpaired) electrons. The Morgan fingerprint density at radius 2 is 0.688 bits per heavy atom. The second-order valence-electron chi connectivity index (χ2n) is 34.9. The van der Waals surface area contributed by atoms with Gasteiger partial charge in [-0.05, 0) is 130 Å². The summed E-state index contributed by atoms with van der Waals surface area (Å²) in [5.41, 5.74) is 11.7. The topological polar surface area (TPSA) is 478 Å². The molecule has 0 aliphatic carbocycles. The monoisotopic (exact) mass is 1990 g/mol. The molecule has 25 atom stereocenters. The number of methoxy groups -OCH3 is 1. The van der Waals surface area contributed by atoms with Crippen LogP contribution in [0.4, 0.5) is 0 Å². The molecule has 764 valence electrons. The van der Waals surface area contributed by atoms with Crippen LogP contribution in [0.5, 0.6) is 0 Å². The Bertz CT molecular complexity index is 5610. The van der Waals surface area contributed by atoms with Crippen molar-refractivity contribution in [1.82, 2.24) is 0 Å². The van der Waals surface area contributed by atoms with Gasteiger partial charge in [0.05, 0.1) is 58.8 Å². The van der Waals surface area contributed by atoms with E-state index in [0.29, 0.717) is 37.7 Å². The van der Waals surface area contributed by atoms with Gasteiger partial charge < -0.3 is 119 Å². The van der Waals surface area contributed by atoms with Crippen LogP contribution in [0.3, 0.4) is 0 Å². The molecule has 6 saturated heterocycles. The second kappa shape index (κ2) is 51.8. The van der Waals surface area contributed by atoms with E-state index in [1.54, 1.807) is 159 Å². The zero-order valence-electron chi connectivity index (χ0n) is 79.8. The lowest BCUT2D eigenvalue weighted by atomic mass is 9.94. The molecule has 6 aliphatic rings. The third-order valence-electron chi connectivity index (χ3n) is 24.1. The molecule has 144 heavy (non-hydrogen) atoms. The highest BCUT2D eigenvalue weighted by Gasteiger charge is 2.64. The number of ether oxygens (including phenoxy) is 24. The molecule has 0 amide bonds. The number of unbranched alkanes of at least 4 members (excludes halogenated alkanes) is 5. The van der Waals surface area contributed by atoms with Crippen LogP contribution < -0.4 is 0 Å². The van der Waals surface area contributed by atoms with Gasteiger partial charge in [-0.3, -0.25) is 19.2 Å². The van der Waals surface area contributed by atoms with E-state index in [2.05, 4.69) is 10.0 Å². The molecule has 6 fully saturated rings. The van der Waals surface area contributed by atoms with Gasteiger partial charge in [-0.2, -0.15) is 0 Å². The van der Waals surface area contributed by atoms with E-state index in [1.165, 1.54) is 111 Å². The van der Waals surface area contributed by atoms with Crippen molar-refractivity contribution in [2.45, 2.75) is 252 Å². The van der Waals surface area contributed by atoms with E-state index in [0.717, 1.165) is 27.2 Å². The summed E-state index contributed by atoms with van der Waals surface area (Å²) in [6, 6.07) is 59.9. The van der Waals surface area contributed by atoms with Crippen molar-refractivity contribution >= 4 is 65.7 Å². The summed E-state index contributed by atoms with van der Waals surface area (Å²) in [5.74, 6) is -11.8. The Morgan fingerprint density at radius 1 is 0.347 bits per heavy atom. The number of aliphatic hydroxyl groups excluding tert-OH is 1. The van der Waals surface area contributed by atoms with Gasteiger partial charge in [-0.25, -0.2) is 33.6 Å². The first kappa shape index (κ1) is 106. The van der Waals surface area contributed by atoms with Crippen LogP contribution >= 0.6 is 0 Å². The number of benzene rings is 8. The van der Waals surface area contributed by atoms with E-state index in [9.17, 15) is 49.0 Å². The molecule has 0 unspecified atom stereocenters. The summed E-state index contributed by atoms with van der Waals surface area (Å²) >= 11 is 0. The highest BCUT2D eigenvalue weighted by atomic mass is 16.8. The van der Waals surface area contributed by atoms with Crippen molar-refractivity contribution in [2.24, 2.45) is 5.11 Å². The van der Waals surface area contributed by atoms with Crippen molar-refractivity contribution in [2.75, 3.05) is 40.1 Å². The van der Waals surface area contributed by atoms with E-state index in [4.69, 9.17) is 114 Å². The molecule has 39 heteroatoms. The van der Waals surface area contributed by atoms with E-state index in [1.807, 2.05) is 0 Å². The number of fused-ring (bicyclic) bond motifs is 1. The Hall–Kier alpha value is -13.3. The molecule has 39 nitrogen and oxygen atoms in total. The van der Waals surface area contributed by atoms with E-state index < -0.39 is 245 Å². The molecule has 8 aromatic rings. The van der Waals surface area contributed by atoms with Gasteiger partial charge in [0.25, 0.3) is 0 Å². The number of rotatable bonds is 43. The van der Waals surface area contributed by atoms with Crippen LogP contribution in [0.15, 0.2) is 248 Å². The lowest BCUT2D eigenvalue weighted by Gasteiger charge is -2.51. The fourth-order valence-corrected chi connectivity index (χ4v) is 17.3. The summed E-state index contributed by atoms with van der Waals surface area (Å²) in [6.45, 7) is 4.09. The number of hydrogen-bond donors (Lipinski definition) is 1. The van der Waals surface area contributed by atoms with Crippen LogP contribution in [0.2, 0.25) is 0 Å². The number of nitrogens with zero attached hydrogens (tertiary/aromatic N) is 3. The summed E-state index contributed by atoms with van der Waals surface area (Å²) in [6.07, 6.45) is -41.1. The maximum atomic E-state index is 15.5. The van der Waals surface area contributed by atoms with Gasteiger partial charge in [-0.1, -0.05) is 189 Å². The van der Waals surface area contributed by atoms with Gasteiger partial charge >= 0.3 is 65.7 Å². The zero-order valence-corrected chi connectivity index (χ0v) is 79.8. The third-order valence-corrected chi connectivity index (χ3v) is 24.1. The molecule has 6 heterocycles. The minimum absolute atomic E-state index is 0.00337. The van der Waals surface area contributed by atoms with Crippen LogP contribution in [0.25, 0.3) is 10.4 Å². The SMILES string of the molecule is COC(=O)CCCCCCCCO[C@@H]1O[C@H](COC(=O)c2ccccc2)[C@@H](O[C@@H]2O[C@H](COC(=O)c3ccccc3)[C@H](O)[C@H](O[C@@H]3O[C@H](COC(=O)c4ccccc4)[C@@H](O[C@@H]4O[C@H](COC(=O)c5ccccc5)[C@@H]5OC(C)(C)O[C@@H]5[C@H]4O[C@@H]4O[C@@H](C)[C@@H](OC(C)=O)[C@@H](OC(C)=O)[C@@H]4OCc4ccccc4)[C@H](OC(C)=O)[C@H]3N=[N+]=[N-])[C@H]2OC(=O)c2ccccc2)[C@H](OC(=O)c2ccccc2)[C@H]1OC(=O)c1ccccc1. The lowest BCUT2D eigenvalue weighted by molar-refractivity contribution is -0.387. The maximum Gasteiger partial charge on any atom is 0.338 e. The molecule has 6 aliphatic heterocycles. The van der Waals surface area contributed by atoms with Gasteiger partial charge in [0.15, 0.2) is 67.8 Å². The maximum absolute atomic E-state index is 15.5. The lowest BCUT2D eigenvalue weighted by Crippen LogP contribution is -2.69. The number of azide groups is 1. The van der Waals surface area contributed by atoms with E-state index in [-0.39, 0.29) is 64.5 Å². The van der Waals surface area contributed by atoms with Crippen molar-refractivity contribution < 1.29 is 172 Å². The molecule has 8 aromatic carbocycles. The number of carbonyl (C=O) groups is 11. The standard InChI is InChI=1S/C105H113N3O36/c1-61-80(129-62(2)109)86(131-64(4)111)89(123-56-65-38-20-12-21-39-65)102(128-61)142-92-88-83(143-105(5,6)144-88)76(60-127-96(117)69-46-28-16-29-47-69)135-104(92)139-81-74(58-125-94(115)67-42-24-14-25-43-67)133-100(78(107-108-106)84(81)130-63(3)110)141-85-79(113)73(57-124-93(114)66-40-22-13-23-41-66)132-103(90(85)137-98(119)71-50-32-18-33-51-71)140-82-75(59-126-95(116)68-44-26-15-27-45-68)134-101(122-55-37-11-9-8-10-36-54-77(112)121-7)91(138-99(120)72-52-34-19-35-53-72)87(82)136-97(118)70-48-30-17-31-49-70/h12-35,38-53,61,73-76,78-92,100-104,113H,8-11,36-37,54-60H2,1-7H3/t61-,73+,74+,75+,76+,78+,79-,80+,81+,82+,83-,84+,85-,86+,87-,88-,89-,90+,91+,92+,100-,101+,102-,103-,104-/m0/s1. The second-order valence-corrected chi connectivity index (χ2v) is 34.9. The molecule has 0 aromatic heterocycles. The van der Waals surface area contributed by atoms with Crippen molar-refractivity contribution in [3.63, 3.8) is 0 Å². The average Bonchev–Trinajstić information content (AvgIpc) is 1.60. The summed E-state index contributed by atoms with van der Waals surface area (Å²) in [7, 11) is 1.32. The quantitative estimate of drug-likeness (QED) is 0.00926. The molecule has 14 rings (SSSR count). The molecule has 0 saturated carbocycles. The fourth-order valence-electron chi connectivity index (χ4n) is 17.3. The molecular formula is C105H113N3O36. The van der Waals surface area contributed by atoms with E-state index >= 15 is 14.4 Å². The smallest absolute Gasteiger partial charge is 0.338 e. The van der Waals surface area contributed by atoms with Crippen LogP contribution in [0.1, 0.15) is 165 Å². The highest BCUT2D eigenvalue weighted by molar-refractivity contribution is 5.93. The average molecular weight is 1990 g/mol. The Balaban J connectivity index is 0.904. The van der Waals surface area contributed by atoms with Crippen molar-refractivity contribution in [3.8, 4) is 0 Å².